The largest absolute Gasteiger partial charge is 0.311 e. The first kappa shape index (κ1) is 11.4. The van der Waals surface area contributed by atoms with Gasteiger partial charge in [0.1, 0.15) is 0 Å². The van der Waals surface area contributed by atoms with Gasteiger partial charge in [-0.05, 0) is 31.6 Å². The van der Waals surface area contributed by atoms with E-state index in [0.29, 0.717) is 0 Å². The van der Waals surface area contributed by atoms with E-state index in [9.17, 15) is 0 Å². The van der Waals surface area contributed by atoms with Crippen LogP contribution in [-0.2, 0) is 0 Å². The number of hydrogen-bond acceptors (Lipinski definition) is 1. The van der Waals surface area contributed by atoms with Crippen molar-refractivity contribution in [3.63, 3.8) is 0 Å². The maximum absolute atomic E-state index is 3.77. The van der Waals surface area contributed by atoms with Gasteiger partial charge in [-0.1, -0.05) is 45.4 Å². The van der Waals surface area contributed by atoms with E-state index in [0.717, 1.165) is 23.9 Å². The Morgan fingerprint density at radius 1 is 0.867 bits per heavy atom. The van der Waals surface area contributed by atoms with Gasteiger partial charge in [-0.2, -0.15) is 0 Å². The van der Waals surface area contributed by atoms with E-state index in [1.807, 2.05) is 0 Å². The Labute approximate surface area is 95.0 Å². The van der Waals surface area contributed by atoms with E-state index in [1.165, 1.54) is 51.4 Å². The van der Waals surface area contributed by atoms with Crippen LogP contribution in [0.3, 0.4) is 0 Å². The van der Waals surface area contributed by atoms with Crippen molar-refractivity contribution in [2.75, 3.05) is 0 Å². The van der Waals surface area contributed by atoms with Gasteiger partial charge in [0.2, 0.25) is 0 Å². The van der Waals surface area contributed by atoms with E-state index in [-0.39, 0.29) is 0 Å². The average molecular weight is 209 g/mol. The van der Waals surface area contributed by atoms with Crippen LogP contribution in [0.15, 0.2) is 0 Å². The van der Waals surface area contributed by atoms with Crippen molar-refractivity contribution in [2.24, 2.45) is 11.8 Å². The molecule has 88 valence electrons. The molecule has 2 aliphatic rings. The molecular weight excluding hydrogens is 182 g/mol. The molecule has 2 unspecified atom stereocenters. The van der Waals surface area contributed by atoms with Crippen LogP contribution in [-0.4, -0.2) is 12.1 Å². The smallest absolute Gasteiger partial charge is 0.00708 e. The first-order valence-corrected chi connectivity index (χ1v) is 7.03. The molecule has 0 heterocycles. The third kappa shape index (κ3) is 3.48. The average Bonchev–Trinajstić information content (AvgIpc) is 3.01. The molecule has 0 aromatic carbocycles. The minimum atomic E-state index is 0.737. The molecule has 2 fully saturated rings. The van der Waals surface area contributed by atoms with Crippen molar-refractivity contribution in [1.29, 1.82) is 0 Å². The summed E-state index contributed by atoms with van der Waals surface area (Å²) in [6, 6.07) is 1.61. The van der Waals surface area contributed by atoms with E-state index in [2.05, 4.69) is 19.2 Å². The molecule has 0 bridgehead atoms. The van der Waals surface area contributed by atoms with Gasteiger partial charge in [-0.25, -0.2) is 0 Å². The summed E-state index contributed by atoms with van der Waals surface area (Å²) >= 11 is 0. The van der Waals surface area contributed by atoms with Crippen LogP contribution in [0, 0.1) is 11.8 Å². The quantitative estimate of drug-likeness (QED) is 0.696. The first-order chi connectivity index (χ1) is 7.27. The van der Waals surface area contributed by atoms with Gasteiger partial charge in [0.25, 0.3) is 0 Å². The minimum absolute atomic E-state index is 0.737. The standard InChI is InChI=1S/C14H27N/c1-11(12(2)15-14-9-10-14)13-7-5-3-4-6-8-13/h11-15H,3-10H2,1-2H3. The molecule has 0 spiro atoms. The molecule has 2 rings (SSSR count). The van der Waals surface area contributed by atoms with Gasteiger partial charge >= 0.3 is 0 Å². The van der Waals surface area contributed by atoms with E-state index in [4.69, 9.17) is 0 Å². The van der Waals surface area contributed by atoms with Gasteiger partial charge < -0.3 is 5.32 Å². The second-order valence-electron chi connectivity index (χ2n) is 5.84. The molecule has 0 amide bonds. The summed E-state index contributed by atoms with van der Waals surface area (Å²) < 4.78 is 0. The van der Waals surface area contributed by atoms with Gasteiger partial charge in [-0.15, -0.1) is 0 Å². The molecule has 0 radical (unpaired) electrons. The molecule has 2 aliphatic carbocycles. The molecule has 15 heavy (non-hydrogen) atoms. The fraction of sp³-hybridized carbons (Fsp3) is 1.00. The van der Waals surface area contributed by atoms with E-state index >= 15 is 0 Å². The SMILES string of the molecule is CC(NC1CC1)C(C)C1CCCCCC1. The summed E-state index contributed by atoms with van der Waals surface area (Å²) in [5.74, 6) is 1.87. The van der Waals surface area contributed by atoms with Crippen molar-refractivity contribution >= 4 is 0 Å². The predicted molar refractivity (Wildman–Crippen MR) is 66.0 cm³/mol. The minimum Gasteiger partial charge on any atom is -0.311 e. The topological polar surface area (TPSA) is 12.0 Å². The fourth-order valence-electron chi connectivity index (χ4n) is 3.02. The number of nitrogens with one attached hydrogen (secondary N) is 1. The molecule has 0 saturated heterocycles. The number of hydrogen-bond donors (Lipinski definition) is 1. The Hall–Kier alpha value is -0.0400. The second kappa shape index (κ2) is 5.34. The lowest BCUT2D eigenvalue weighted by Crippen LogP contribution is -2.37. The van der Waals surface area contributed by atoms with Crippen LogP contribution in [0.2, 0.25) is 0 Å². The van der Waals surface area contributed by atoms with E-state index < -0.39 is 0 Å². The Balaban J connectivity index is 1.78. The van der Waals surface area contributed by atoms with Gasteiger partial charge in [0.15, 0.2) is 0 Å². The van der Waals surface area contributed by atoms with Crippen molar-refractivity contribution in [2.45, 2.75) is 77.3 Å². The van der Waals surface area contributed by atoms with Gasteiger partial charge in [0, 0.05) is 12.1 Å². The maximum atomic E-state index is 3.77. The zero-order valence-corrected chi connectivity index (χ0v) is 10.5. The Morgan fingerprint density at radius 2 is 1.47 bits per heavy atom. The normalized spacial score (nSPS) is 28.4. The third-order valence-corrected chi connectivity index (χ3v) is 4.51. The van der Waals surface area contributed by atoms with Crippen molar-refractivity contribution in [3.8, 4) is 0 Å². The predicted octanol–water partition coefficient (Wildman–Crippen LogP) is 3.73. The molecule has 2 saturated carbocycles. The second-order valence-corrected chi connectivity index (χ2v) is 5.84. The lowest BCUT2D eigenvalue weighted by atomic mass is 9.83. The van der Waals surface area contributed by atoms with Gasteiger partial charge in [0.05, 0.1) is 0 Å². The molecule has 1 nitrogen and oxygen atoms in total. The summed E-state index contributed by atoms with van der Waals surface area (Å²) in [7, 11) is 0. The lowest BCUT2D eigenvalue weighted by Gasteiger charge is -2.29. The summed E-state index contributed by atoms with van der Waals surface area (Å²) in [6.45, 7) is 4.86. The molecule has 0 aromatic heterocycles. The lowest BCUT2D eigenvalue weighted by molar-refractivity contribution is 0.254. The monoisotopic (exact) mass is 209 g/mol. The summed E-state index contributed by atoms with van der Waals surface area (Å²) in [5, 5.41) is 3.77. The zero-order chi connectivity index (χ0) is 10.7. The highest BCUT2D eigenvalue weighted by Crippen LogP contribution is 2.31. The third-order valence-electron chi connectivity index (χ3n) is 4.51. The van der Waals surface area contributed by atoms with Crippen LogP contribution in [0.1, 0.15) is 65.2 Å². The van der Waals surface area contributed by atoms with E-state index in [1.54, 1.807) is 0 Å². The highest BCUT2D eigenvalue weighted by Gasteiger charge is 2.28. The summed E-state index contributed by atoms with van der Waals surface area (Å²) in [5.41, 5.74) is 0. The van der Waals surface area contributed by atoms with Crippen LogP contribution in [0.5, 0.6) is 0 Å². The van der Waals surface area contributed by atoms with Crippen LogP contribution < -0.4 is 5.32 Å². The zero-order valence-electron chi connectivity index (χ0n) is 10.5. The van der Waals surface area contributed by atoms with Crippen molar-refractivity contribution < 1.29 is 0 Å². The molecule has 0 aromatic rings. The summed E-state index contributed by atoms with van der Waals surface area (Å²) in [4.78, 5) is 0. The summed E-state index contributed by atoms with van der Waals surface area (Å²) in [6.07, 6.45) is 11.7. The number of rotatable bonds is 4. The highest BCUT2D eigenvalue weighted by atomic mass is 15.0. The Kier molecular flexibility index (Phi) is 4.07. The maximum Gasteiger partial charge on any atom is 0.00708 e. The van der Waals surface area contributed by atoms with Crippen LogP contribution in [0.4, 0.5) is 0 Å². The first-order valence-electron chi connectivity index (χ1n) is 7.03. The van der Waals surface area contributed by atoms with Crippen LogP contribution >= 0.6 is 0 Å². The Bertz CT molecular complexity index is 178. The molecular formula is C14H27N. The molecule has 1 heteroatoms. The van der Waals surface area contributed by atoms with Crippen molar-refractivity contribution in [3.05, 3.63) is 0 Å². The fourth-order valence-corrected chi connectivity index (χ4v) is 3.02. The molecule has 2 atom stereocenters. The van der Waals surface area contributed by atoms with Crippen molar-refractivity contribution in [1.82, 2.24) is 5.32 Å². The van der Waals surface area contributed by atoms with Gasteiger partial charge in [-0.3, -0.25) is 0 Å². The molecule has 0 aliphatic heterocycles. The van der Waals surface area contributed by atoms with Crippen LogP contribution in [0.25, 0.3) is 0 Å². The Morgan fingerprint density at radius 3 is 2.00 bits per heavy atom. The molecule has 1 N–H and O–H groups in total. The highest BCUT2D eigenvalue weighted by molar-refractivity contribution is 4.86.